The van der Waals surface area contributed by atoms with Gasteiger partial charge in [-0.05, 0) is 42.5 Å². The summed E-state index contributed by atoms with van der Waals surface area (Å²) >= 11 is 0. The van der Waals surface area contributed by atoms with Gasteiger partial charge in [-0.1, -0.05) is 5.16 Å². The van der Waals surface area contributed by atoms with Crippen LogP contribution >= 0.6 is 0 Å². The summed E-state index contributed by atoms with van der Waals surface area (Å²) in [7, 11) is 0. The second-order valence-corrected chi connectivity index (χ2v) is 4.90. The van der Waals surface area contributed by atoms with Gasteiger partial charge in [0.25, 0.3) is 5.89 Å². The molecular formula is C16H11FN4O2. The van der Waals surface area contributed by atoms with Crippen LogP contribution in [0.5, 0.6) is 0 Å². The number of aromatic nitrogens is 4. The van der Waals surface area contributed by atoms with Crippen molar-refractivity contribution in [2.45, 2.75) is 6.54 Å². The maximum absolute atomic E-state index is 12.9. The Kier molecular flexibility index (Phi) is 3.23. The highest BCUT2D eigenvalue weighted by atomic mass is 19.1. The molecule has 3 heterocycles. The van der Waals surface area contributed by atoms with E-state index in [9.17, 15) is 4.39 Å². The molecule has 0 fully saturated rings. The molecule has 114 valence electrons. The zero-order chi connectivity index (χ0) is 15.6. The fraction of sp³-hybridized carbons (Fsp3) is 0.0625. The second-order valence-electron chi connectivity index (χ2n) is 4.90. The Balaban J connectivity index is 1.57. The van der Waals surface area contributed by atoms with Gasteiger partial charge in [0, 0.05) is 18.0 Å². The SMILES string of the molecule is Fc1ccc(-c2noc(-c3ccc(Cn4cccn4)o3)n2)cc1. The Morgan fingerprint density at radius 2 is 1.96 bits per heavy atom. The van der Waals surface area contributed by atoms with Gasteiger partial charge in [0.15, 0.2) is 5.76 Å². The molecule has 0 N–H and O–H groups in total. The van der Waals surface area contributed by atoms with Crippen molar-refractivity contribution in [3.8, 4) is 23.0 Å². The van der Waals surface area contributed by atoms with E-state index >= 15 is 0 Å². The minimum Gasteiger partial charge on any atom is -0.454 e. The molecule has 6 nitrogen and oxygen atoms in total. The van der Waals surface area contributed by atoms with E-state index in [-0.39, 0.29) is 11.7 Å². The van der Waals surface area contributed by atoms with E-state index in [1.54, 1.807) is 29.1 Å². The first kappa shape index (κ1) is 13.4. The van der Waals surface area contributed by atoms with Crippen molar-refractivity contribution in [2.75, 3.05) is 0 Å². The summed E-state index contributed by atoms with van der Waals surface area (Å²) in [5.41, 5.74) is 0.671. The predicted octanol–water partition coefficient (Wildman–Crippen LogP) is 3.38. The summed E-state index contributed by atoms with van der Waals surface area (Å²) in [6, 6.07) is 11.3. The Morgan fingerprint density at radius 1 is 1.09 bits per heavy atom. The molecule has 0 aliphatic carbocycles. The van der Waals surface area contributed by atoms with E-state index in [0.29, 0.717) is 23.7 Å². The number of furan rings is 1. The largest absolute Gasteiger partial charge is 0.454 e. The third-order valence-corrected chi connectivity index (χ3v) is 3.28. The lowest BCUT2D eigenvalue weighted by Gasteiger charge is -1.96. The topological polar surface area (TPSA) is 69.9 Å². The highest BCUT2D eigenvalue weighted by Crippen LogP contribution is 2.24. The van der Waals surface area contributed by atoms with Crippen LogP contribution in [-0.4, -0.2) is 19.9 Å². The smallest absolute Gasteiger partial charge is 0.293 e. The van der Waals surface area contributed by atoms with Gasteiger partial charge in [-0.3, -0.25) is 4.68 Å². The van der Waals surface area contributed by atoms with E-state index in [4.69, 9.17) is 8.94 Å². The van der Waals surface area contributed by atoms with Crippen molar-refractivity contribution < 1.29 is 13.3 Å². The molecule has 0 aliphatic rings. The Bertz CT molecular complexity index is 910. The predicted molar refractivity (Wildman–Crippen MR) is 78.7 cm³/mol. The maximum Gasteiger partial charge on any atom is 0.293 e. The second kappa shape index (κ2) is 5.53. The monoisotopic (exact) mass is 310 g/mol. The molecule has 0 saturated carbocycles. The fourth-order valence-corrected chi connectivity index (χ4v) is 2.17. The highest BCUT2D eigenvalue weighted by Gasteiger charge is 2.14. The van der Waals surface area contributed by atoms with Crippen molar-refractivity contribution in [1.82, 2.24) is 19.9 Å². The molecule has 3 aromatic heterocycles. The molecule has 4 rings (SSSR count). The average molecular weight is 310 g/mol. The van der Waals surface area contributed by atoms with Gasteiger partial charge in [0.1, 0.15) is 11.6 Å². The van der Waals surface area contributed by atoms with Gasteiger partial charge in [-0.15, -0.1) is 0 Å². The van der Waals surface area contributed by atoms with E-state index in [1.807, 2.05) is 18.3 Å². The number of benzene rings is 1. The van der Waals surface area contributed by atoms with Gasteiger partial charge in [-0.2, -0.15) is 10.1 Å². The molecule has 0 spiro atoms. The molecule has 0 bridgehead atoms. The number of hydrogen-bond donors (Lipinski definition) is 0. The molecule has 0 atom stereocenters. The van der Waals surface area contributed by atoms with Crippen molar-refractivity contribution in [2.24, 2.45) is 0 Å². The van der Waals surface area contributed by atoms with Crippen molar-refractivity contribution in [3.05, 3.63) is 66.4 Å². The first-order chi connectivity index (χ1) is 11.3. The summed E-state index contributed by atoms with van der Waals surface area (Å²) in [6.07, 6.45) is 3.55. The molecule has 0 radical (unpaired) electrons. The van der Waals surface area contributed by atoms with Gasteiger partial charge < -0.3 is 8.94 Å². The third kappa shape index (κ3) is 2.76. The van der Waals surface area contributed by atoms with Crippen LogP contribution in [-0.2, 0) is 6.54 Å². The maximum atomic E-state index is 12.9. The summed E-state index contributed by atoms with van der Waals surface area (Å²) in [5, 5.41) is 8.01. The standard InChI is InChI=1S/C16H11FN4O2/c17-12-4-2-11(3-5-12)15-19-16(23-20-15)14-7-6-13(22-14)10-21-9-1-8-18-21/h1-9H,10H2. The summed E-state index contributed by atoms with van der Waals surface area (Å²) in [6.45, 7) is 0.520. The van der Waals surface area contributed by atoms with Crippen molar-refractivity contribution >= 4 is 0 Å². The molecule has 0 aliphatic heterocycles. The fourth-order valence-electron chi connectivity index (χ4n) is 2.17. The minimum atomic E-state index is -0.313. The van der Waals surface area contributed by atoms with Gasteiger partial charge in [0.2, 0.25) is 5.82 Å². The summed E-state index contributed by atoms with van der Waals surface area (Å²) in [4.78, 5) is 4.27. The van der Waals surface area contributed by atoms with Crippen LogP contribution in [0.3, 0.4) is 0 Å². The Hall–Kier alpha value is -3.22. The van der Waals surface area contributed by atoms with Crippen LogP contribution in [0.2, 0.25) is 0 Å². The zero-order valence-corrected chi connectivity index (χ0v) is 11.9. The highest BCUT2D eigenvalue weighted by molar-refractivity contribution is 5.57. The van der Waals surface area contributed by atoms with Gasteiger partial charge in [0.05, 0.1) is 6.54 Å². The van der Waals surface area contributed by atoms with E-state index < -0.39 is 0 Å². The van der Waals surface area contributed by atoms with Crippen LogP contribution < -0.4 is 0 Å². The molecule has 0 saturated heterocycles. The molecule has 7 heteroatoms. The quantitative estimate of drug-likeness (QED) is 0.578. The lowest BCUT2D eigenvalue weighted by molar-refractivity contribution is 0.408. The van der Waals surface area contributed by atoms with E-state index in [1.165, 1.54) is 12.1 Å². The van der Waals surface area contributed by atoms with Gasteiger partial charge in [-0.25, -0.2) is 4.39 Å². The van der Waals surface area contributed by atoms with Crippen LogP contribution in [0.4, 0.5) is 4.39 Å². The number of rotatable bonds is 4. The summed E-state index contributed by atoms with van der Waals surface area (Å²) < 4.78 is 25.6. The molecule has 0 unspecified atom stereocenters. The minimum absolute atomic E-state index is 0.274. The Morgan fingerprint density at radius 3 is 2.74 bits per heavy atom. The third-order valence-electron chi connectivity index (χ3n) is 3.28. The molecule has 23 heavy (non-hydrogen) atoms. The van der Waals surface area contributed by atoms with Crippen molar-refractivity contribution in [3.63, 3.8) is 0 Å². The summed E-state index contributed by atoms with van der Waals surface area (Å²) in [5.74, 6) is 1.55. The first-order valence-electron chi connectivity index (χ1n) is 6.94. The normalized spacial score (nSPS) is 11.0. The van der Waals surface area contributed by atoms with Gasteiger partial charge >= 0.3 is 0 Å². The Labute approximate surface area is 130 Å². The lowest BCUT2D eigenvalue weighted by Crippen LogP contribution is -1.97. The van der Waals surface area contributed by atoms with Crippen LogP contribution in [0, 0.1) is 5.82 Å². The molecule has 0 amide bonds. The number of halogens is 1. The van der Waals surface area contributed by atoms with Crippen LogP contribution in [0.25, 0.3) is 23.0 Å². The average Bonchev–Trinajstić information content (AvgIpc) is 3.29. The molecular weight excluding hydrogens is 299 g/mol. The van der Waals surface area contributed by atoms with Crippen molar-refractivity contribution in [1.29, 1.82) is 0 Å². The van der Waals surface area contributed by atoms with Crippen LogP contribution in [0.1, 0.15) is 5.76 Å². The first-order valence-corrected chi connectivity index (χ1v) is 6.94. The number of nitrogens with zero attached hydrogens (tertiary/aromatic N) is 4. The van der Waals surface area contributed by atoms with E-state index in [0.717, 1.165) is 5.76 Å². The zero-order valence-electron chi connectivity index (χ0n) is 11.9. The van der Waals surface area contributed by atoms with E-state index in [2.05, 4.69) is 15.2 Å². The van der Waals surface area contributed by atoms with Crippen LogP contribution in [0.15, 0.2) is 63.8 Å². The molecule has 4 aromatic rings. The number of hydrogen-bond acceptors (Lipinski definition) is 5. The molecule has 1 aromatic carbocycles. The lowest BCUT2D eigenvalue weighted by atomic mass is 10.2.